The van der Waals surface area contributed by atoms with E-state index in [0.717, 1.165) is 37.7 Å². The standard InChI is InChI=1S/C16H25ClN2O/c1-3-10-20-13-6-5-9-19(12-13)16-8-4-7-15(17)14(16)11-18-2/h4,7-8,13,18H,3,5-6,9-12H2,1-2H3. The predicted molar refractivity (Wildman–Crippen MR) is 85.7 cm³/mol. The molecule has 0 aromatic heterocycles. The highest BCUT2D eigenvalue weighted by Crippen LogP contribution is 2.30. The van der Waals surface area contributed by atoms with Crippen molar-refractivity contribution in [3.05, 3.63) is 28.8 Å². The highest BCUT2D eigenvalue weighted by atomic mass is 35.5. The molecule has 3 nitrogen and oxygen atoms in total. The molecule has 1 aromatic rings. The summed E-state index contributed by atoms with van der Waals surface area (Å²) in [6.45, 7) is 5.87. The Bertz CT molecular complexity index is 425. The van der Waals surface area contributed by atoms with E-state index in [1.54, 1.807) is 0 Å². The monoisotopic (exact) mass is 296 g/mol. The van der Waals surface area contributed by atoms with E-state index in [2.05, 4.69) is 23.2 Å². The van der Waals surface area contributed by atoms with Crippen LogP contribution in [0.2, 0.25) is 5.02 Å². The largest absolute Gasteiger partial charge is 0.376 e. The highest BCUT2D eigenvalue weighted by Gasteiger charge is 2.22. The zero-order chi connectivity index (χ0) is 14.4. The van der Waals surface area contributed by atoms with Crippen LogP contribution in [-0.2, 0) is 11.3 Å². The second kappa shape index (κ2) is 7.87. The van der Waals surface area contributed by atoms with E-state index in [4.69, 9.17) is 16.3 Å². The molecule has 1 unspecified atom stereocenters. The summed E-state index contributed by atoms with van der Waals surface area (Å²) in [6, 6.07) is 6.17. The molecule has 0 radical (unpaired) electrons. The second-order valence-corrected chi connectivity index (χ2v) is 5.76. The molecule has 20 heavy (non-hydrogen) atoms. The second-order valence-electron chi connectivity index (χ2n) is 5.35. The summed E-state index contributed by atoms with van der Waals surface area (Å²) in [5.74, 6) is 0. The van der Waals surface area contributed by atoms with Gasteiger partial charge in [-0.05, 0) is 38.4 Å². The van der Waals surface area contributed by atoms with Gasteiger partial charge in [-0.3, -0.25) is 0 Å². The van der Waals surface area contributed by atoms with Gasteiger partial charge in [0.1, 0.15) is 0 Å². The lowest BCUT2D eigenvalue weighted by molar-refractivity contribution is 0.0440. The summed E-state index contributed by atoms with van der Waals surface area (Å²) in [7, 11) is 1.95. The van der Waals surface area contributed by atoms with Crippen LogP contribution in [0.15, 0.2) is 18.2 Å². The van der Waals surface area contributed by atoms with Crippen molar-refractivity contribution in [1.29, 1.82) is 0 Å². The van der Waals surface area contributed by atoms with Gasteiger partial charge in [-0.25, -0.2) is 0 Å². The molecule has 1 atom stereocenters. The average molecular weight is 297 g/mol. The Morgan fingerprint density at radius 2 is 2.30 bits per heavy atom. The molecule has 112 valence electrons. The zero-order valence-corrected chi connectivity index (χ0v) is 13.2. The van der Waals surface area contributed by atoms with Crippen LogP contribution in [0.3, 0.4) is 0 Å². The molecule has 0 bridgehead atoms. The molecular weight excluding hydrogens is 272 g/mol. The first-order chi connectivity index (χ1) is 9.76. The zero-order valence-electron chi connectivity index (χ0n) is 12.5. The minimum absolute atomic E-state index is 0.352. The van der Waals surface area contributed by atoms with E-state index in [0.29, 0.717) is 6.10 Å². The molecule has 0 amide bonds. The lowest BCUT2D eigenvalue weighted by Gasteiger charge is -2.35. The number of hydrogen-bond acceptors (Lipinski definition) is 3. The molecule has 1 aliphatic heterocycles. The third-order valence-electron chi connectivity index (χ3n) is 3.72. The third-order valence-corrected chi connectivity index (χ3v) is 4.08. The van der Waals surface area contributed by atoms with Gasteiger partial charge >= 0.3 is 0 Å². The number of anilines is 1. The molecule has 1 fully saturated rings. The van der Waals surface area contributed by atoms with Crippen molar-refractivity contribution in [1.82, 2.24) is 5.32 Å². The maximum atomic E-state index is 6.35. The Balaban J connectivity index is 2.12. The van der Waals surface area contributed by atoms with E-state index in [9.17, 15) is 0 Å². The topological polar surface area (TPSA) is 24.5 Å². The van der Waals surface area contributed by atoms with Crippen LogP contribution in [0.1, 0.15) is 31.7 Å². The van der Waals surface area contributed by atoms with Crippen molar-refractivity contribution in [2.24, 2.45) is 0 Å². The number of halogens is 1. The van der Waals surface area contributed by atoms with Crippen LogP contribution in [0.5, 0.6) is 0 Å². The van der Waals surface area contributed by atoms with Gasteiger partial charge in [0, 0.05) is 42.5 Å². The fourth-order valence-corrected chi connectivity index (χ4v) is 3.01. The maximum absolute atomic E-state index is 6.35. The van der Waals surface area contributed by atoms with Gasteiger partial charge < -0.3 is 15.0 Å². The summed E-state index contributed by atoms with van der Waals surface area (Å²) in [6.07, 6.45) is 3.78. The van der Waals surface area contributed by atoms with E-state index < -0.39 is 0 Å². The van der Waals surface area contributed by atoms with Crippen LogP contribution in [0.25, 0.3) is 0 Å². The fourth-order valence-electron chi connectivity index (χ4n) is 2.77. The molecule has 0 spiro atoms. The number of nitrogens with zero attached hydrogens (tertiary/aromatic N) is 1. The van der Waals surface area contributed by atoms with Gasteiger partial charge in [-0.15, -0.1) is 0 Å². The molecule has 1 N–H and O–H groups in total. The van der Waals surface area contributed by atoms with E-state index >= 15 is 0 Å². The minimum atomic E-state index is 0.352. The Labute approximate surface area is 127 Å². The Kier molecular flexibility index (Phi) is 6.14. The molecule has 1 aliphatic rings. The number of piperidine rings is 1. The van der Waals surface area contributed by atoms with Crippen LogP contribution < -0.4 is 10.2 Å². The summed E-state index contributed by atoms with van der Waals surface area (Å²) in [5.41, 5.74) is 2.43. The fraction of sp³-hybridized carbons (Fsp3) is 0.625. The first kappa shape index (κ1) is 15.6. The highest BCUT2D eigenvalue weighted by molar-refractivity contribution is 6.31. The molecule has 2 rings (SSSR count). The van der Waals surface area contributed by atoms with Crippen LogP contribution >= 0.6 is 11.6 Å². The van der Waals surface area contributed by atoms with Crippen LogP contribution in [-0.4, -0.2) is 32.8 Å². The van der Waals surface area contributed by atoms with Gasteiger partial charge in [0.15, 0.2) is 0 Å². The normalized spacial score (nSPS) is 19.4. The lowest BCUT2D eigenvalue weighted by Crippen LogP contribution is -2.40. The number of rotatable bonds is 6. The molecular formula is C16H25ClN2O. The van der Waals surface area contributed by atoms with Gasteiger partial charge in [0.05, 0.1) is 6.10 Å². The number of benzene rings is 1. The van der Waals surface area contributed by atoms with Gasteiger partial charge in [-0.2, -0.15) is 0 Å². The van der Waals surface area contributed by atoms with Gasteiger partial charge in [0.25, 0.3) is 0 Å². The molecule has 4 heteroatoms. The average Bonchev–Trinajstić information content (AvgIpc) is 2.48. The molecule has 1 heterocycles. The van der Waals surface area contributed by atoms with E-state index in [1.165, 1.54) is 24.1 Å². The van der Waals surface area contributed by atoms with Crippen molar-refractivity contribution in [3.63, 3.8) is 0 Å². The maximum Gasteiger partial charge on any atom is 0.0750 e. The van der Waals surface area contributed by atoms with E-state index in [1.807, 2.05) is 19.2 Å². The predicted octanol–water partition coefficient (Wildman–Crippen LogP) is 3.45. The van der Waals surface area contributed by atoms with Crippen molar-refractivity contribution < 1.29 is 4.74 Å². The quantitative estimate of drug-likeness (QED) is 0.870. The Hall–Kier alpha value is -0.770. The van der Waals surface area contributed by atoms with Crippen LogP contribution in [0, 0.1) is 0 Å². The molecule has 1 aromatic carbocycles. The summed E-state index contributed by atoms with van der Waals surface area (Å²) < 4.78 is 5.92. The van der Waals surface area contributed by atoms with E-state index in [-0.39, 0.29) is 0 Å². The van der Waals surface area contributed by atoms with Gasteiger partial charge in [-0.1, -0.05) is 24.6 Å². The third kappa shape index (κ3) is 3.87. The summed E-state index contributed by atoms with van der Waals surface area (Å²) in [4.78, 5) is 2.42. The van der Waals surface area contributed by atoms with Crippen molar-refractivity contribution >= 4 is 17.3 Å². The number of hydrogen-bond donors (Lipinski definition) is 1. The van der Waals surface area contributed by atoms with Gasteiger partial charge in [0.2, 0.25) is 0 Å². The molecule has 0 aliphatic carbocycles. The van der Waals surface area contributed by atoms with Crippen molar-refractivity contribution in [2.45, 2.75) is 38.8 Å². The Morgan fingerprint density at radius 3 is 3.05 bits per heavy atom. The summed E-state index contributed by atoms with van der Waals surface area (Å²) in [5, 5.41) is 4.05. The first-order valence-corrected chi connectivity index (χ1v) is 7.92. The SMILES string of the molecule is CCCOC1CCCN(c2cccc(Cl)c2CNC)C1. The molecule has 1 saturated heterocycles. The minimum Gasteiger partial charge on any atom is -0.376 e. The summed E-state index contributed by atoms with van der Waals surface area (Å²) >= 11 is 6.35. The first-order valence-electron chi connectivity index (χ1n) is 7.54. The van der Waals surface area contributed by atoms with Crippen molar-refractivity contribution in [3.8, 4) is 0 Å². The number of nitrogens with one attached hydrogen (secondary N) is 1. The number of ether oxygens (including phenoxy) is 1. The lowest BCUT2D eigenvalue weighted by atomic mass is 10.0. The van der Waals surface area contributed by atoms with Crippen LogP contribution in [0.4, 0.5) is 5.69 Å². The molecule has 0 saturated carbocycles. The smallest absolute Gasteiger partial charge is 0.0750 e. The van der Waals surface area contributed by atoms with Crippen molar-refractivity contribution in [2.75, 3.05) is 31.6 Å². The Morgan fingerprint density at radius 1 is 1.45 bits per heavy atom.